The number of carbonyl (C=O) groups excluding carboxylic acids is 2. The molecule has 0 aliphatic carbocycles. The third kappa shape index (κ3) is 8.41. The predicted octanol–water partition coefficient (Wildman–Crippen LogP) is 4.55. The lowest BCUT2D eigenvalue weighted by atomic mass is 10.1. The molecule has 0 aliphatic rings. The fraction of sp³-hybridized carbons (Fsp3) is 0.375. The Labute approximate surface area is 254 Å². The Bertz CT molecular complexity index is 1510. The number of sulfonamides is 1. The van der Waals surface area contributed by atoms with E-state index >= 15 is 0 Å². The average molecular weight is 612 g/mol. The van der Waals surface area contributed by atoms with E-state index in [1.54, 1.807) is 31.2 Å². The highest BCUT2D eigenvalue weighted by molar-refractivity contribution is 7.92. The number of carbonyl (C=O) groups is 2. The number of benzene rings is 3. The van der Waals surface area contributed by atoms with Crippen molar-refractivity contribution in [3.63, 3.8) is 0 Å². The maximum Gasteiger partial charge on any atom is 0.264 e. The SMILES string of the molecule is CCOc1ccc(N(CC(=O)N(Cc2cccc(C)c2)C(C)C(=O)NC(C)C)S(=O)(=O)c2ccc(OC)c(OC)c2)cc1. The number of nitrogens with zero attached hydrogens (tertiary/aromatic N) is 2. The maximum absolute atomic E-state index is 14.2. The van der Waals surface area contributed by atoms with Crippen LogP contribution in [0, 0.1) is 6.92 Å². The van der Waals surface area contributed by atoms with Gasteiger partial charge in [0.25, 0.3) is 10.0 Å². The lowest BCUT2D eigenvalue weighted by Gasteiger charge is -2.32. The van der Waals surface area contributed by atoms with Gasteiger partial charge in [0.15, 0.2) is 11.5 Å². The van der Waals surface area contributed by atoms with E-state index in [0.29, 0.717) is 18.1 Å². The predicted molar refractivity (Wildman–Crippen MR) is 166 cm³/mol. The summed E-state index contributed by atoms with van der Waals surface area (Å²) >= 11 is 0. The van der Waals surface area contributed by atoms with Crippen LogP contribution in [0.2, 0.25) is 0 Å². The minimum atomic E-state index is -4.30. The molecule has 0 heterocycles. The zero-order valence-corrected chi connectivity index (χ0v) is 26.6. The van der Waals surface area contributed by atoms with Crippen molar-refractivity contribution in [3.05, 3.63) is 77.9 Å². The van der Waals surface area contributed by atoms with Gasteiger partial charge in [0.2, 0.25) is 11.8 Å². The van der Waals surface area contributed by atoms with Crippen LogP contribution in [0.4, 0.5) is 5.69 Å². The molecule has 0 saturated carbocycles. The molecule has 0 radical (unpaired) electrons. The maximum atomic E-state index is 14.2. The van der Waals surface area contributed by atoms with Gasteiger partial charge in [-0.15, -0.1) is 0 Å². The lowest BCUT2D eigenvalue weighted by molar-refractivity contribution is -0.139. The second-order valence-corrected chi connectivity index (χ2v) is 12.2. The number of ether oxygens (including phenoxy) is 3. The van der Waals surface area contributed by atoms with Gasteiger partial charge in [0.1, 0.15) is 18.3 Å². The summed E-state index contributed by atoms with van der Waals surface area (Å²) in [6.07, 6.45) is 0. The Hall–Kier alpha value is -4.25. The van der Waals surface area contributed by atoms with Gasteiger partial charge in [0.05, 0.1) is 31.4 Å². The van der Waals surface area contributed by atoms with E-state index in [0.717, 1.165) is 15.4 Å². The van der Waals surface area contributed by atoms with E-state index in [2.05, 4.69) is 5.32 Å². The van der Waals surface area contributed by atoms with Crippen molar-refractivity contribution >= 4 is 27.5 Å². The normalized spacial score (nSPS) is 11.9. The second-order valence-electron chi connectivity index (χ2n) is 10.3. The van der Waals surface area contributed by atoms with E-state index in [4.69, 9.17) is 14.2 Å². The molecule has 3 rings (SSSR count). The molecule has 232 valence electrons. The molecule has 3 aromatic rings. The number of anilines is 1. The summed E-state index contributed by atoms with van der Waals surface area (Å²) in [5, 5.41) is 2.85. The topological polar surface area (TPSA) is 114 Å². The van der Waals surface area contributed by atoms with Gasteiger partial charge in [-0.2, -0.15) is 0 Å². The van der Waals surface area contributed by atoms with Gasteiger partial charge in [-0.1, -0.05) is 29.8 Å². The quantitative estimate of drug-likeness (QED) is 0.285. The fourth-order valence-electron chi connectivity index (χ4n) is 4.50. The Balaban J connectivity index is 2.08. The summed E-state index contributed by atoms with van der Waals surface area (Å²) in [6.45, 7) is 9.08. The van der Waals surface area contributed by atoms with Crippen molar-refractivity contribution in [1.82, 2.24) is 10.2 Å². The summed E-state index contributed by atoms with van der Waals surface area (Å²) < 4.78 is 45.5. The van der Waals surface area contributed by atoms with Crippen molar-refractivity contribution in [2.24, 2.45) is 0 Å². The minimum absolute atomic E-state index is 0.0948. The molecule has 0 aliphatic heterocycles. The van der Waals surface area contributed by atoms with E-state index in [-0.39, 0.29) is 34.8 Å². The number of hydrogen-bond acceptors (Lipinski definition) is 7. The molecule has 2 amide bonds. The molecule has 0 fully saturated rings. The zero-order chi connectivity index (χ0) is 31.7. The number of amides is 2. The van der Waals surface area contributed by atoms with E-state index in [9.17, 15) is 18.0 Å². The number of methoxy groups -OCH3 is 2. The van der Waals surface area contributed by atoms with Crippen LogP contribution in [0.3, 0.4) is 0 Å². The number of hydrogen-bond donors (Lipinski definition) is 1. The minimum Gasteiger partial charge on any atom is -0.494 e. The average Bonchev–Trinajstić information content (AvgIpc) is 2.98. The number of nitrogens with one attached hydrogen (secondary N) is 1. The third-order valence-corrected chi connectivity index (χ3v) is 8.46. The van der Waals surface area contributed by atoms with Crippen molar-refractivity contribution in [2.45, 2.75) is 58.1 Å². The molecular formula is C32H41N3O7S. The summed E-state index contributed by atoms with van der Waals surface area (Å²) in [6, 6.07) is 17.3. The summed E-state index contributed by atoms with van der Waals surface area (Å²) in [5.74, 6) is 0.249. The molecule has 0 saturated heterocycles. The highest BCUT2D eigenvalue weighted by Gasteiger charge is 2.33. The molecular weight excluding hydrogens is 570 g/mol. The van der Waals surface area contributed by atoms with Crippen LogP contribution in [-0.2, 0) is 26.2 Å². The zero-order valence-electron chi connectivity index (χ0n) is 25.8. The summed E-state index contributed by atoms with van der Waals surface area (Å²) in [4.78, 5) is 28.5. The van der Waals surface area contributed by atoms with Crippen LogP contribution in [-0.4, -0.2) is 64.6 Å². The molecule has 10 nitrogen and oxygen atoms in total. The molecule has 43 heavy (non-hydrogen) atoms. The van der Waals surface area contributed by atoms with E-state index < -0.39 is 28.5 Å². The van der Waals surface area contributed by atoms with Crippen molar-refractivity contribution in [2.75, 3.05) is 31.7 Å². The highest BCUT2D eigenvalue weighted by atomic mass is 32.2. The van der Waals surface area contributed by atoms with Gasteiger partial charge in [-0.05, 0) is 76.6 Å². The van der Waals surface area contributed by atoms with Crippen LogP contribution in [0.5, 0.6) is 17.2 Å². The molecule has 3 aromatic carbocycles. The number of aryl methyl sites for hydroxylation is 1. The largest absolute Gasteiger partial charge is 0.494 e. The molecule has 1 unspecified atom stereocenters. The number of rotatable bonds is 14. The Kier molecular flexibility index (Phi) is 11.4. The van der Waals surface area contributed by atoms with Crippen molar-refractivity contribution < 1.29 is 32.2 Å². The van der Waals surface area contributed by atoms with E-state index in [1.807, 2.05) is 52.0 Å². The Morgan fingerprint density at radius 1 is 0.907 bits per heavy atom. The molecule has 1 N–H and O–H groups in total. The van der Waals surface area contributed by atoms with Crippen LogP contribution in [0.15, 0.2) is 71.6 Å². The second kappa shape index (κ2) is 14.8. The van der Waals surface area contributed by atoms with Crippen LogP contribution < -0.4 is 23.8 Å². The van der Waals surface area contributed by atoms with Gasteiger partial charge in [-0.25, -0.2) is 8.42 Å². The summed E-state index contributed by atoms with van der Waals surface area (Å²) in [5.41, 5.74) is 2.06. The molecule has 11 heteroatoms. The first kappa shape index (κ1) is 33.3. The third-order valence-electron chi connectivity index (χ3n) is 6.69. The van der Waals surface area contributed by atoms with Gasteiger partial charge < -0.3 is 24.4 Å². The molecule has 1 atom stereocenters. The standard InChI is InChI=1S/C32H41N3O7S/c1-8-42-27-14-12-26(13-15-27)35(43(38,39)28-16-17-29(40-6)30(19-28)41-7)21-31(36)34(24(5)32(37)33-22(2)3)20-25-11-9-10-23(4)18-25/h9-19,22,24H,8,20-21H2,1-7H3,(H,33,37). The smallest absolute Gasteiger partial charge is 0.264 e. The lowest BCUT2D eigenvalue weighted by Crippen LogP contribution is -2.52. The summed E-state index contributed by atoms with van der Waals surface area (Å²) in [7, 11) is -1.43. The van der Waals surface area contributed by atoms with Gasteiger partial charge in [-0.3, -0.25) is 13.9 Å². The Morgan fingerprint density at radius 2 is 1.58 bits per heavy atom. The molecule has 0 spiro atoms. The van der Waals surface area contributed by atoms with E-state index in [1.165, 1.54) is 37.3 Å². The van der Waals surface area contributed by atoms with Crippen LogP contribution in [0.1, 0.15) is 38.8 Å². The Morgan fingerprint density at radius 3 is 2.16 bits per heavy atom. The van der Waals surface area contributed by atoms with Crippen molar-refractivity contribution in [1.29, 1.82) is 0 Å². The first-order chi connectivity index (χ1) is 20.4. The first-order valence-corrected chi connectivity index (χ1v) is 15.5. The van der Waals surface area contributed by atoms with Gasteiger partial charge in [0, 0.05) is 18.7 Å². The first-order valence-electron chi connectivity index (χ1n) is 14.0. The monoisotopic (exact) mass is 611 g/mol. The van der Waals surface area contributed by atoms with Crippen molar-refractivity contribution in [3.8, 4) is 17.2 Å². The van der Waals surface area contributed by atoms with Crippen LogP contribution in [0.25, 0.3) is 0 Å². The van der Waals surface area contributed by atoms with Crippen LogP contribution >= 0.6 is 0 Å². The molecule has 0 bridgehead atoms. The molecule has 0 aromatic heterocycles. The van der Waals surface area contributed by atoms with Gasteiger partial charge >= 0.3 is 0 Å². The highest BCUT2D eigenvalue weighted by Crippen LogP contribution is 2.33. The fourth-order valence-corrected chi connectivity index (χ4v) is 5.93.